The average Bonchev–Trinajstić information content (AvgIpc) is 2.36. The Hall–Kier alpha value is -1.75. The van der Waals surface area contributed by atoms with E-state index in [9.17, 15) is 14.0 Å². The Bertz CT molecular complexity index is 634. The minimum absolute atomic E-state index is 0.0656. The fourth-order valence-corrected chi connectivity index (χ4v) is 1.89. The normalized spacial score (nSPS) is 10.3. The molecule has 3 nitrogen and oxygen atoms in total. The summed E-state index contributed by atoms with van der Waals surface area (Å²) in [7, 11) is 0. The smallest absolute Gasteiger partial charge is 0.265 e. The maximum absolute atomic E-state index is 12.7. The molecule has 0 saturated heterocycles. The van der Waals surface area contributed by atoms with E-state index in [1.165, 1.54) is 35.0 Å². The van der Waals surface area contributed by atoms with Gasteiger partial charge >= 0.3 is 0 Å². The first-order chi connectivity index (χ1) is 8.58. The molecule has 1 aromatic heterocycles. The predicted molar refractivity (Wildman–Crippen MR) is 69.1 cm³/mol. The van der Waals surface area contributed by atoms with Crippen LogP contribution in [0.5, 0.6) is 0 Å². The number of ketones is 1. The number of rotatable bonds is 3. The van der Waals surface area contributed by atoms with Crippen molar-refractivity contribution in [1.29, 1.82) is 0 Å². The summed E-state index contributed by atoms with van der Waals surface area (Å²) in [4.78, 5) is 23.6. The zero-order valence-electron chi connectivity index (χ0n) is 9.27. The van der Waals surface area contributed by atoms with Gasteiger partial charge in [0.2, 0.25) is 0 Å². The van der Waals surface area contributed by atoms with Crippen LogP contribution in [0.2, 0.25) is 0 Å². The van der Waals surface area contributed by atoms with E-state index in [0.717, 1.165) is 0 Å². The van der Waals surface area contributed by atoms with Crippen LogP contribution in [-0.4, -0.2) is 10.4 Å². The summed E-state index contributed by atoms with van der Waals surface area (Å²) in [5, 5.41) is 0. The number of carbonyl (C=O) groups excluding carboxylic acids is 1. The van der Waals surface area contributed by atoms with Crippen LogP contribution in [0, 0.1) is 5.82 Å². The van der Waals surface area contributed by atoms with E-state index in [1.807, 2.05) is 0 Å². The van der Waals surface area contributed by atoms with Crippen molar-refractivity contribution in [1.82, 2.24) is 4.57 Å². The van der Waals surface area contributed by atoms with Gasteiger partial charge in [-0.1, -0.05) is 0 Å². The van der Waals surface area contributed by atoms with Gasteiger partial charge in [0.1, 0.15) is 5.82 Å². The van der Waals surface area contributed by atoms with Gasteiger partial charge in [-0.05, 0) is 52.3 Å². The quantitative estimate of drug-likeness (QED) is 0.818. The SMILES string of the molecule is O=C(Cn1cccc(Br)c1=O)c1ccc(F)cc1. The highest BCUT2D eigenvalue weighted by Crippen LogP contribution is 2.06. The molecule has 0 aliphatic carbocycles. The molecule has 1 heterocycles. The van der Waals surface area contributed by atoms with Gasteiger partial charge in [0, 0.05) is 11.8 Å². The van der Waals surface area contributed by atoms with Crippen LogP contribution in [0.15, 0.2) is 51.9 Å². The van der Waals surface area contributed by atoms with E-state index in [4.69, 9.17) is 0 Å². The lowest BCUT2D eigenvalue weighted by molar-refractivity contribution is 0.0970. The van der Waals surface area contributed by atoms with Gasteiger partial charge in [-0.25, -0.2) is 4.39 Å². The lowest BCUT2D eigenvalue weighted by Gasteiger charge is -2.05. The fourth-order valence-electron chi connectivity index (χ4n) is 1.51. The monoisotopic (exact) mass is 309 g/mol. The first kappa shape index (κ1) is 12.7. The topological polar surface area (TPSA) is 39.1 Å². The zero-order valence-corrected chi connectivity index (χ0v) is 10.9. The molecule has 2 aromatic rings. The van der Waals surface area contributed by atoms with Crippen molar-refractivity contribution >= 4 is 21.7 Å². The van der Waals surface area contributed by atoms with Crippen LogP contribution >= 0.6 is 15.9 Å². The molecule has 92 valence electrons. The van der Waals surface area contributed by atoms with Gasteiger partial charge in [-0.2, -0.15) is 0 Å². The lowest BCUT2D eigenvalue weighted by Crippen LogP contribution is -2.23. The zero-order chi connectivity index (χ0) is 13.1. The number of carbonyl (C=O) groups is 1. The summed E-state index contributed by atoms with van der Waals surface area (Å²) in [6.07, 6.45) is 1.54. The summed E-state index contributed by atoms with van der Waals surface area (Å²) in [6.45, 7) is -0.0656. The largest absolute Gasteiger partial charge is 0.307 e. The van der Waals surface area contributed by atoms with Crippen molar-refractivity contribution in [2.75, 3.05) is 0 Å². The number of nitrogens with zero attached hydrogens (tertiary/aromatic N) is 1. The molecule has 0 aliphatic rings. The molecule has 0 saturated carbocycles. The van der Waals surface area contributed by atoms with Crippen molar-refractivity contribution in [3.63, 3.8) is 0 Å². The van der Waals surface area contributed by atoms with Gasteiger partial charge in [0.15, 0.2) is 5.78 Å². The first-order valence-corrected chi connectivity index (χ1v) is 6.01. The number of hydrogen-bond donors (Lipinski definition) is 0. The molecule has 0 aliphatic heterocycles. The molecular formula is C13H9BrFNO2. The molecule has 18 heavy (non-hydrogen) atoms. The number of benzene rings is 1. The van der Waals surface area contributed by atoms with Gasteiger partial charge in [0.05, 0.1) is 11.0 Å². The molecular weight excluding hydrogens is 301 g/mol. The first-order valence-electron chi connectivity index (χ1n) is 5.21. The Labute approximate surface area is 111 Å². The van der Waals surface area contributed by atoms with E-state index in [1.54, 1.807) is 12.1 Å². The fraction of sp³-hybridized carbons (Fsp3) is 0.0769. The molecule has 5 heteroatoms. The molecule has 0 fully saturated rings. The average molecular weight is 310 g/mol. The second-order valence-electron chi connectivity index (χ2n) is 3.72. The van der Waals surface area contributed by atoms with E-state index >= 15 is 0 Å². The van der Waals surface area contributed by atoms with Gasteiger partial charge in [-0.3, -0.25) is 9.59 Å². The maximum atomic E-state index is 12.7. The Morgan fingerprint density at radius 2 is 1.89 bits per heavy atom. The van der Waals surface area contributed by atoms with Crippen LogP contribution in [0.3, 0.4) is 0 Å². The van der Waals surface area contributed by atoms with Gasteiger partial charge in [-0.15, -0.1) is 0 Å². The number of aromatic nitrogens is 1. The molecule has 0 unspecified atom stereocenters. The maximum Gasteiger partial charge on any atom is 0.265 e. The summed E-state index contributed by atoms with van der Waals surface area (Å²) >= 11 is 3.11. The second kappa shape index (κ2) is 5.27. The van der Waals surface area contributed by atoms with Crippen molar-refractivity contribution < 1.29 is 9.18 Å². The summed E-state index contributed by atoms with van der Waals surface area (Å²) in [6, 6.07) is 8.53. The molecule has 0 spiro atoms. The number of Topliss-reactive ketones (excluding diaryl/α,β-unsaturated/α-hetero) is 1. The third-order valence-electron chi connectivity index (χ3n) is 2.45. The Balaban J connectivity index is 2.24. The van der Waals surface area contributed by atoms with E-state index in [0.29, 0.717) is 10.0 Å². The third-order valence-corrected chi connectivity index (χ3v) is 3.06. The molecule has 0 N–H and O–H groups in total. The molecule has 2 rings (SSSR count). The Morgan fingerprint density at radius 1 is 1.22 bits per heavy atom. The van der Waals surface area contributed by atoms with E-state index < -0.39 is 5.82 Å². The second-order valence-corrected chi connectivity index (χ2v) is 4.57. The van der Waals surface area contributed by atoms with Crippen LogP contribution < -0.4 is 5.56 Å². The van der Waals surface area contributed by atoms with Crippen molar-refractivity contribution in [2.45, 2.75) is 6.54 Å². The van der Waals surface area contributed by atoms with E-state index in [2.05, 4.69) is 15.9 Å². The molecule has 0 amide bonds. The predicted octanol–water partition coefficient (Wildman–Crippen LogP) is 2.63. The van der Waals surface area contributed by atoms with Crippen LogP contribution in [0.1, 0.15) is 10.4 Å². The minimum Gasteiger partial charge on any atom is -0.307 e. The highest BCUT2D eigenvalue weighted by molar-refractivity contribution is 9.10. The molecule has 0 atom stereocenters. The third kappa shape index (κ3) is 2.73. The lowest BCUT2D eigenvalue weighted by atomic mass is 10.1. The number of halogens is 2. The number of pyridine rings is 1. The summed E-state index contributed by atoms with van der Waals surface area (Å²) in [5.74, 6) is -0.638. The Kier molecular flexibility index (Phi) is 3.72. The molecule has 0 bridgehead atoms. The van der Waals surface area contributed by atoms with Gasteiger partial charge in [0.25, 0.3) is 5.56 Å². The minimum atomic E-state index is -0.397. The van der Waals surface area contributed by atoms with Crippen LogP contribution in [-0.2, 0) is 6.54 Å². The van der Waals surface area contributed by atoms with Crippen molar-refractivity contribution in [3.8, 4) is 0 Å². The van der Waals surface area contributed by atoms with Crippen LogP contribution in [0.4, 0.5) is 4.39 Å². The van der Waals surface area contributed by atoms with E-state index in [-0.39, 0.29) is 17.9 Å². The molecule has 1 aromatic carbocycles. The Morgan fingerprint density at radius 3 is 2.56 bits per heavy atom. The van der Waals surface area contributed by atoms with Crippen LogP contribution in [0.25, 0.3) is 0 Å². The summed E-state index contributed by atoms with van der Waals surface area (Å²) in [5.41, 5.74) is 0.108. The highest BCUT2D eigenvalue weighted by atomic mass is 79.9. The van der Waals surface area contributed by atoms with Crippen molar-refractivity contribution in [2.24, 2.45) is 0 Å². The number of hydrogen-bond acceptors (Lipinski definition) is 2. The van der Waals surface area contributed by atoms with Gasteiger partial charge < -0.3 is 4.57 Å². The molecule has 0 radical (unpaired) electrons. The van der Waals surface area contributed by atoms with Crippen molar-refractivity contribution in [3.05, 3.63) is 68.8 Å². The highest BCUT2D eigenvalue weighted by Gasteiger charge is 2.08. The standard InChI is InChI=1S/C13H9BrFNO2/c14-11-2-1-7-16(13(11)18)8-12(17)9-3-5-10(15)6-4-9/h1-7H,8H2. The summed E-state index contributed by atoms with van der Waals surface area (Å²) < 4.78 is 14.4.